The van der Waals surface area contributed by atoms with Crippen molar-refractivity contribution < 1.29 is 9.59 Å². The lowest BCUT2D eigenvalue weighted by atomic mass is 10.2. The zero-order chi connectivity index (χ0) is 12.8. The number of Topliss-reactive ketones (excluding diaryl/α,β-unsaturated/α-hetero) is 1. The van der Waals surface area contributed by atoms with Gasteiger partial charge in [0.1, 0.15) is 0 Å². The molecule has 1 aromatic rings. The van der Waals surface area contributed by atoms with E-state index in [0.29, 0.717) is 0 Å². The lowest BCUT2D eigenvalue weighted by molar-refractivity contribution is -0.123. The van der Waals surface area contributed by atoms with Crippen molar-refractivity contribution in [1.82, 2.24) is 4.90 Å². The zero-order valence-electron chi connectivity index (χ0n) is 10.1. The molecule has 1 aromatic carbocycles. The summed E-state index contributed by atoms with van der Waals surface area (Å²) in [5, 5.41) is 3.84. The van der Waals surface area contributed by atoms with E-state index >= 15 is 0 Å². The average Bonchev–Trinajstić information content (AvgIpc) is 2.29. The Kier molecular flexibility index (Phi) is 4.39. The second-order valence-electron chi connectivity index (χ2n) is 3.69. The first-order valence-electron chi connectivity index (χ1n) is 5.13. The van der Waals surface area contributed by atoms with Crippen LogP contribution in [0.5, 0.6) is 0 Å². The van der Waals surface area contributed by atoms with Crippen LogP contribution in [0.2, 0.25) is 0 Å². The summed E-state index contributed by atoms with van der Waals surface area (Å²) in [6.07, 6.45) is 0. The van der Waals surface area contributed by atoms with Gasteiger partial charge in [-0.25, -0.2) is 0 Å². The molecule has 0 atom stereocenters. The highest BCUT2D eigenvalue weighted by Gasteiger charge is 2.18. The third-order valence-corrected chi connectivity index (χ3v) is 2.01. The van der Waals surface area contributed by atoms with Crippen LogP contribution in [0.4, 0.5) is 5.69 Å². The number of amides is 1. The Hall–Kier alpha value is -2.17. The number of ketones is 1. The molecule has 0 aromatic heterocycles. The van der Waals surface area contributed by atoms with Crippen molar-refractivity contribution in [3.63, 3.8) is 0 Å². The molecule has 0 heterocycles. The highest BCUT2D eigenvalue weighted by molar-refractivity contribution is 6.65. The van der Waals surface area contributed by atoms with E-state index in [1.54, 1.807) is 26.2 Å². The Bertz CT molecular complexity index is 438. The lowest BCUT2D eigenvalue weighted by Gasteiger charge is -2.10. The Labute approximate surface area is 100 Å². The predicted molar refractivity (Wildman–Crippen MR) is 66.9 cm³/mol. The normalized spacial score (nSPS) is 10.9. The molecular weight excluding hydrogens is 218 g/mol. The van der Waals surface area contributed by atoms with Crippen molar-refractivity contribution in [2.75, 3.05) is 19.5 Å². The van der Waals surface area contributed by atoms with Crippen LogP contribution in [0, 0.1) is 0 Å². The van der Waals surface area contributed by atoms with E-state index in [2.05, 4.69) is 10.5 Å². The van der Waals surface area contributed by atoms with Crippen LogP contribution < -0.4 is 5.43 Å². The summed E-state index contributed by atoms with van der Waals surface area (Å²) in [5.41, 5.74) is 3.29. The number of nitrogens with one attached hydrogen (secondary N) is 1. The van der Waals surface area contributed by atoms with Gasteiger partial charge in [-0.3, -0.25) is 15.0 Å². The van der Waals surface area contributed by atoms with E-state index in [9.17, 15) is 9.59 Å². The number of benzene rings is 1. The largest absolute Gasteiger partial charge is 0.343 e. The van der Waals surface area contributed by atoms with Gasteiger partial charge in [0.15, 0.2) is 11.5 Å². The number of hydrogen-bond acceptors (Lipinski definition) is 4. The van der Waals surface area contributed by atoms with Crippen LogP contribution in [0.25, 0.3) is 0 Å². The molecule has 0 unspecified atom stereocenters. The second kappa shape index (κ2) is 5.79. The topological polar surface area (TPSA) is 61.8 Å². The molecule has 0 aliphatic rings. The van der Waals surface area contributed by atoms with E-state index < -0.39 is 5.91 Å². The Morgan fingerprint density at radius 2 is 1.76 bits per heavy atom. The number of nitrogens with zero attached hydrogens (tertiary/aromatic N) is 2. The number of para-hydroxylation sites is 1. The van der Waals surface area contributed by atoms with Crippen LogP contribution in [-0.2, 0) is 9.59 Å². The third-order valence-electron chi connectivity index (χ3n) is 2.01. The molecule has 1 amide bonds. The molecule has 5 nitrogen and oxygen atoms in total. The van der Waals surface area contributed by atoms with Gasteiger partial charge in [-0.05, 0) is 12.1 Å². The van der Waals surface area contributed by atoms with Gasteiger partial charge in [0, 0.05) is 21.0 Å². The minimum atomic E-state index is -0.416. The molecule has 17 heavy (non-hydrogen) atoms. The standard InChI is InChI=1S/C12H15N3O2/c1-9(16)11(12(17)15(2)3)14-13-10-7-5-4-6-8-10/h4-8,13H,1-3H3. The maximum Gasteiger partial charge on any atom is 0.277 e. The maximum atomic E-state index is 11.6. The summed E-state index contributed by atoms with van der Waals surface area (Å²) >= 11 is 0. The highest BCUT2D eigenvalue weighted by Crippen LogP contribution is 2.04. The molecule has 0 aliphatic carbocycles. The van der Waals surface area contributed by atoms with Crippen molar-refractivity contribution in [2.24, 2.45) is 5.10 Å². The van der Waals surface area contributed by atoms with Crippen LogP contribution >= 0.6 is 0 Å². The smallest absolute Gasteiger partial charge is 0.277 e. The van der Waals surface area contributed by atoms with Crippen molar-refractivity contribution >= 4 is 23.1 Å². The molecule has 0 radical (unpaired) electrons. The van der Waals surface area contributed by atoms with Crippen molar-refractivity contribution in [1.29, 1.82) is 0 Å². The number of carbonyl (C=O) groups excluding carboxylic acids is 2. The molecule has 0 spiro atoms. The van der Waals surface area contributed by atoms with Crippen molar-refractivity contribution in [2.45, 2.75) is 6.92 Å². The quantitative estimate of drug-likeness (QED) is 0.482. The van der Waals surface area contributed by atoms with Crippen LogP contribution in [0.15, 0.2) is 35.4 Å². The SMILES string of the molecule is CC(=O)C(=NNc1ccccc1)C(=O)N(C)C. The Morgan fingerprint density at radius 1 is 1.18 bits per heavy atom. The summed E-state index contributed by atoms with van der Waals surface area (Å²) in [7, 11) is 3.15. The monoisotopic (exact) mass is 233 g/mol. The highest BCUT2D eigenvalue weighted by atomic mass is 16.2. The number of anilines is 1. The lowest BCUT2D eigenvalue weighted by Crippen LogP contribution is -2.34. The minimum Gasteiger partial charge on any atom is -0.343 e. The number of carbonyl (C=O) groups is 2. The second-order valence-corrected chi connectivity index (χ2v) is 3.69. The van der Waals surface area contributed by atoms with Gasteiger partial charge in [0.25, 0.3) is 5.91 Å². The summed E-state index contributed by atoms with van der Waals surface area (Å²) in [4.78, 5) is 24.2. The van der Waals surface area contributed by atoms with Gasteiger partial charge in [-0.2, -0.15) is 5.10 Å². The van der Waals surface area contributed by atoms with Crippen molar-refractivity contribution in [3.8, 4) is 0 Å². The number of rotatable bonds is 4. The summed E-state index contributed by atoms with van der Waals surface area (Å²) in [6.45, 7) is 1.31. The third kappa shape index (κ3) is 3.71. The molecule has 1 N–H and O–H groups in total. The molecule has 1 rings (SSSR count). The van der Waals surface area contributed by atoms with Gasteiger partial charge < -0.3 is 4.90 Å². The van der Waals surface area contributed by atoms with E-state index in [4.69, 9.17) is 0 Å². The molecule has 5 heteroatoms. The van der Waals surface area contributed by atoms with Crippen molar-refractivity contribution in [3.05, 3.63) is 30.3 Å². The Balaban J connectivity index is 2.86. The first-order chi connectivity index (χ1) is 8.02. The minimum absolute atomic E-state index is 0.112. The summed E-state index contributed by atoms with van der Waals surface area (Å²) in [6, 6.07) is 9.12. The molecule has 0 fully saturated rings. The zero-order valence-corrected chi connectivity index (χ0v) is 10.1. The van der Waals surface area contributed by atoms with E-state index in [0.717, 1.165) is 5.69 Å². The fourth-order valence-corrected chi connectivity index (χ4v) is 1.12. The Morgan fingerprint density at radius 3 is 2.24 bits per heavy atom. The molecular formula is C12H15N3O2. The molecule has 0 aliphatic heterocycles. The first-order valence-corrected chi connectivity index (χ1v) is 5.13. The summed E-state index contributed by atoms with van der Waals surface area (Å²) in [5.74, 6) is -0.784. The number of hydrazone groups is 1. The van der Waals surface area contributed by atoms with Gasteiger partial charge in [-0.1, -0.05) is 18.2 Å². The van der Waals surface area contributed by atoms with Gasteiger partial charge in [0.05, 0.1) is 5.69 Å². The van der Waals surface area contributed by atoms with Gasteiger partial charge in [0.2, 0.25) is 0 Å². The molecule has 90 valence electrons. The van der Waals surface area contributed by atoms with Crippen LogP contribution in [0.1, 0.15) is 6.92 Å². The molecule has 0 saturated heterocycles. The van der Waals surface area contributed by atoms with E-state index in [-0.39, 0.29) is 11.5 Å². The van der Waals surface area contributed by atoms with Crippen LogP contribution in [0.3, 0.4) is 0 Å². The molecule has 0 bridgehead atoms. The fraction of sp³-hybridized carbons (Fsp3) is 0.250. The average molecular weight is 233 g/mol. The van der Waals surface area contributed by atoms with Gasteiger partial charge in [-0.15, -0.1) is 0 Å². The summed E-state index contributed by atoms with van der Waals surface area (Å²) < 4.78 is 0. The first kappa shape index (κ1) is 12.9. The predicted octanol–water partition coefficient (Wildman–Crippen LogP) is 1.13. The van der Waals surface area contributed by atoms with E-state index in [1.807, 2.05) is 18.2 Å². The maximum absolute atomic E-state index is 11.6. The molecule has 0 saturated carbocycles. The van der Waals surface area contributed by atoms with E-state index in [1.165, 1.54) is 11.8 Å². The van der Waals surface area contributed by atoms with Crippen LogP contribution in [-0.4, -0.2) is 36.4 Å². The number of hydrogen-bond donors (Lipinski definition) is 1. The fourth-order valence-electron chi connectivity index (χ4n) is 1.12. The van der Waals surface area contributed by atoms with Gasteiger partial charge >= 0.3 is 0 Å².